The van der Waals surface area contributed by atoms with E-state index in [4.69, 9.17) is 9.84 Å². The van der Waals surface area contributed by atoms with Crippen LogP contribution in [0.1, 0.15) is 23.3 Å². The van der Waals surface area contributed by atoms with Crippen LogP contribution < -0.4 is 9.46 Å². The molecule has 18 heavy (non-hydrogen) atoms. The number of carboxylic acid groups (broad SMARTS) is 1. The van der Waals surface area contributed by atoms with Gasteiger partial charge in [0.25, 0.3) is 0 Å². The predicted octanol–water partition coefficient (Wildman–Crippen LogP) is 0.692. The van der Waals surface area contributed by atoms with E-state index in [0.29, 0.717) is 0 Å². The van der Waals surface area contributed by atoms with Crippen molar-refractivity contribution in [3.8, 4) is 5.75 Å². The van der Waals surface area contributed by atoms with Gasteiger partial charge in [-0.25, -0.2) is 18.2 Å². The molecule has 1 aliphatic carbocycles. The Morgan fingerprint density at radius 1 is 1.56 bits per heavy atom. The van der Waals surface area contributed by atoms with Crippen molar-refractivity contribution in [3.63, 3.8) is 0 Å². The monoisotopic (exact) mass is 272 g/mol. The van der Waals surface area contributed by atoms with Gasteiger partial charge in [-0.1, -0.05) is 0 Å². The normalized spacial score (nSPS) is 15.2. The summed E-state index contributed by atoms with van der Waals surface area (Å²) in [5.41, 5.74) is -0.0425. The Kier molecular flexibility index (Phi) is 3.12. The molecule has 7 nitrogen and oxygen atoms in total. The minimum Gasteiger partial charge on any atom is -0.488 e. The number of aromatic nitrogens is 1. The number of nitrogens with one attached hydrogen (secondary N) is 1. The molecule has 0 aromatic carbocycles. The van der Waals surface area contributed by atoms with Crippen LogP contribution in [0.3, 0.4) is 0 Å². The molecule has 1 fully saturated rings. The van der Waals surface area contributed by atoms with Crippen molar-refractivity contribution in [2.24, 2.45) is 0 Å². The van der Waals surface area contributed by atoms with Gasteiger partial charge in [-0.2, -0.15) is 0 Å². The molecule has 1 aliphatic rings. The fourth-order valence-electron chi connectivity index (χ4n) is 1.29. The Morgan fingerprint density at radius 3 is 2.72 bits per heavy atom. The Bertz CT molecular complexity index is 580. The molecular weight excluding hydrogens is 260 g/mol. The number of pyridine rings is 1. The summed E-state index contributed by atoms with van der Waals surface area (Å²) in [6, 6.07) is 1.22. The molecule has 98 valence electrons. The van der Waals surface area contributed by atoms with Gasteiger partial charge in [0.1, 0.15) is 11.4 Å². The van der Waals surface area contributed by atoms with E-state index in [1.807, 2.05) is 0 Å². The van der Waals surface area contributed by atoms with Gasteiger partial charge >= 0.3 is 5.97 Å². The summed E-state index contributed by atoms with van der Waals surface area (Å²) < 4.78 is 30.0. The Hall–Kier alpha value is -1.83. The molecule has 0 unspecified atom stereocenters. The van der Waals surface area contributed by atoms with Gasteiger partial charge in [0, 0.05) is 6.07 Å². The lowest BCUT2D eigenvalue weighted by Crippen LogP contribution is -2.13. The number of carboxylic acids is 1. The summed E-state index contributed by atoms with van der Waals surface area (Å²) in [5, 5.41) is 8.83. The van der Waals surface area contributed by atoms with E-state index < -0.39 is 16.0 Å². The zero-order chi connectivity index (χ0) is 13.3. The molecular formula is C10H12N2O5S. The molecule has 1 aromatic heterocycles. The maximum absolute atomic E-state index is 11.2. The quantitative estimate of drug-likeness (QED) is 0.817. The van der Waals surface area contributed by atoms with Gasteiger partial charge in [0.15, 0.2) is 5.69 Å². The van der Waals surface area contributed by atoms with Crippen LogP contribution in [-0.2, 0) is 10.0 Å². The first-order valence-electron chi connectivity index (χ1n) is 5.23. The lowest BCUT2D eigenvalue weighted by molar-refractivity contribution is 0.0690. The number of carbonyl (C=O) groups is 1. The number of hydrogen-bond donors (Lipinski definition) is 2. The van der Waals surface area contributed by atoms with E-state index in [0.717, 1.165) is 25.3 Å². The summed E-state index contributed by atoms with van der Waals surface area (Å²) in [6.45, 7) is 0. The lowest BCUT2D eigenvalue weighted by Gasteiger charge is -2.11. The van der Waals surface area contributed by atoms with Crippen molar-refractivity contribution in [2.75, 3.05) is 11.0 Å². The summed E-state index contributed by atoms with van der Waals surface area (Å²) in [6.07, 6.45) is 3.92. The molecule has 1 heterocycles. The fraction of sp³-hybridized carbons (Fsp3) is 0.400. The number of aromatic carboxylic acids is 1. The highest BCUT2D eigenvalue weighted by Crippen LogP contribution is 2.32. The Balaban J connectivity index is 2.34. The second-order valence-electron chi connectivity index (χ2n) is 4.06. The van der Waals surface area contributed by atoms with Gasteiger partial charge in [-0.15, -0.1) is 0 Å². The minimum absolute atomic E-state index is 0.0224. The first kappa shape index (κ1) is 12.6. The van der Waals surface area contributed by atoms with Crippen molar-refractivity contribution < 1.29 is 23.1 Å². The number of hydrogen-bond acceptors (Lipinski definition) is 5. The van der Waals surface area contributed by atoms with E-state index in [1.54, 1.807) is 0 Å². The average molecular weight is 272 g/mol. The van der Waals surface area contributed by atoms with Crippen LogP contribution in [0.5, 0.6) is 5.75 Å². The molecule has 0 bridgehead atoms. The van der Waals surface area contributed by atoms with E-state index in [9.17, 15) is 13.2 Å². The number of anilines is 1. The fourth-order valence-corrected chi connectivity index (χ4v) is 1.85. The van der Waals surface area contributed by atoms with E-state index in [1.165, 1.54) is 6.07 Å². The third kappa shape index (κ3) is 3.33. The highest BCUT2D eigenvalue weighted by molar-refractivity contribution is 7.92. The summed E-state index contributed by atoms with van der Waals surface area (Å²) in [5.74, 6) is -1.00. The molecule has 0 amide bonds. The Labute approximate surface area is 104 Å². The smallest absolute Gasteiger partial charge is 0.354 e. The zero-order valence-electron chi connectivity index (χ0n) is 9.58. The highest BCUT2D eigenvalue weighted by atomic mass is 32.2. The molecule has 1 saturated carbocycles. The van der Waals surface area contributed by atoms with Gasteiger partial charge in [-0.05, 0) is 12.8 Å². The van der Waals surface area contributed by atoms with Crippen LogP contribution >= 0.6 is 0 Å². The molecule has 2 rings (SSSR count). The topological polar surface area (TPSA) is 106 Å². The highest BCUT2D eigenvalue weighted by Gasteiger charge is 2.26. The second kappa shape index (κ2) is 4.45. The maximum Gasteiger partial charge on any atom is 0.354 e. The largest absolute Gasteiger partial charge is 0.488 e. The van der Waals surface area contributed by atoms with Crippen LogP contribution in [0.25, 0.3) is 0 Å². The van der Waals surface area contributed by atoms with Gasteiger partial charge < -0.3 is 9.84 Å². The van der Waals surface area contributed by atoms with Gasteiger partial charge in [0.2, 0.25) is 10.0 Å². The summed E-state index contributed by atoms with van der Waals surface area (Å²) >= 11 is 0. The van der Waals surface area contributed by atoms with Crippen molar-refractivity contribution in [3.05, 3.63) is 18.0 Å². The van der Waals surface area contributed by atoms with E-state index in [-0.39, 0.29) is 23.2 Å². The molecule has 1 aromatic rings. The average Bonchev–Trinajstić information content (AvgIpc) is 3.02. The zero-order valence-corrected chi connectivity index (χ0v) is 10.4. The minimum atomic E-state index is -3.47. The number of sulfonamides is 1. The molecule has 2 N–H and O–H groups in total. The lowest BCUT2D eigenvalue weighted by atomic mass is 10.3. The first-order chi connectivity index (χ1) is 8.35. The molecule has 0 saturated heterocycles. The summed E-state index contributed by atoms with van der Waals surface area (Å²) in [7, 11) is -3.47. The molecule has 0 spiro atoms. The molecule has 0 aliphatic heterocycles. The van der Waals surface area contributed by atoms with E-state index >= 15 is 0 Å². The van der Waals surface area contributed by atoms with Gasteiger partial charge in [0.05, 0.1) is 18.6 Å². The number of ether oxygens (including phenoxy) is 1. The van der Waals surface area contributed by atoms with Crippen LogP contribution in [0.4, 0.5) is 5.69 Å². The predicted molar refractivity (Wildman–Crippen MR) is 63.3 cm³/mol. The maximum atomic E-state index is 11.2. The number of nitrogens with zero attached hydrogens (tertiary/aromatic N) is 1. The number of rotatable bonds is 5. The summed E-state index contributed by atoms with van der Waals surface area (Å²) in [4.78, 5) is 14.4. The van der Waals surface area contributed by atoms with Gasteiger partial charge in [-0.3, -0.25) is 4.72 Å². The first-order valence-corrected chi connectivity index (χ1v) is 7.12. The molecule has 8 heteroatoms. The van der Waals surface area contributed by atoms with Crippen LogP contribution in [0, 0.1) is 0 Å². The second-order valence-corrected chi connectivity index (χ2v) is 5.81. The van der Waals surface area contributed by atoms with Crippen LogP contribution in [-0.4, -0.2) is 36.8 Å². The standard InChI is InChI=1S/C10H12N2O5S/c1-18(15,16)12-8-5-11-7(10(13)14)4-9(8)17-6-2-3-6/h4-6,12H,2-3H2,1H3,(H,13,14). The van der Waals surface area contributed by atoms with Crippen molar-refractivity contribution >= 4 is 21.7 Å². The van der Waals surface area contributed by atoms with Crippen molar-refractivity contribution in [1.82, 2.24) is 4.98 Å². The van der Waals surface area contributed by atoms with Crippen LogP contribution in [0.2, 0.25) is 0 Å². The van der Waals surface area contributed by atoms with Crippen molar-refractivity contribution in [2.45, 2.75) is 18.9 Å². The SMILES string of the molecule is CS(=O)(=O)Nc1cnc(C(=O)O)cc1OC1CC1. The molecule has 0 atom stereocenters. The Morgan fingerprint density at radius 2 is 2.22 bits per heavy atom. The molecule has 0 radical (unpaired) electrons. The third-order valence-corrected chi connectivity index (χ3v) is 2.79. The van der Waals surface area contributed by atoms with E-state index in [2.05, 4.69) is 9.71 Å². The van der Waals surface area contributed by atoms with Crippen LogP contribution in [0.15, 0.2) is 12.3 Å². The third-order valence-electron chi connectivity index (χ3n) is 2.20. The van der Waals surface area contributed by atoms with Crippen molar-refractivity contribution in [1.29, 1.82) is 0 Å².